The van der Waals surface area contributed by atoms with Gasteiger partial charge in [0.2, 0.25) is 0 Å². The van der Waals surface area contributed by atoms with Gasteiger partial charge in [0.05, 0.1) is 13.2 Å². The second-order valence-electron chi connectivity index (χ2n) is 3.72. The topological polar surface area (TPSA) is 35.2 Å². The van der Waals surface area contributed by atoms with E-state index < -0.39 is 0 Å². The van der Waals surface area contributed by atoms with E-state index >= 15 is 0 Å². The first-order valence-electron chi connectivity index (χ1n) is 5.16. The molecule has 0 spiro atoms. The third kappa shape index (κ3) is 3.00. The third-order valence-electron chi connectivity index (χ3n) is 2.64. The number of methoxy groups -OCH3 is 1. The summed E-state index contributed by atoms with van der Waals surface area (Å²) in [5.74, 6) is 0.893. The summed E-state index contributed by atoms with van der Waals surface area (Å²) in [6, 6.07) is 10.1. The molecule has 1 atom stereocenters. The van der Waals surface area contributed by atoms with Crippen LogP contribution in [0.4, 0.5) is 0 Å². The van der Waals surface area contributed by atoms with Crippen molar-refractivity contribution >= 4 is 23.7 Å². The van der Waals surface area contributed by atoms with E-state index in [2.05, 4.69) is 12.1 Å². The van der Waals surface area contributed by atoms with Crippen LogP contribution in [0.15, 0.2) is 35.7 Å². The van der Waals surface area contributed by atoms with Gasteiger partial charge in [0.15, 0.2) is 0 Å². The number of nitrogens with two attached hydrogens (primary N) is 1. The normalized spacial score (nSPS) is 11.7. The van der Waals surface area contributed by atoms with Gasteiger partial charge in [-0.2, -0.15) is 0 Å². The molecule has 2 aromatic rings. The Hall–Kier alpha value is -1.03. The van der Waals surface area contributed by atoms with Crippen LogP contribution in [-0.2, 0) is 0 Å². The van der Waals surface area contributed by atoms with Crippen LogP contribution in [0, 0.1) is 6.92 Å². The van der Waals surface area contributed by atoms with Crippen LogP contribution in [0.25, 0.3) is 0 Å². The Bertz CT molecular complexity index is 470. The summed E-state index contributed by atoms with van der Waals surface area (Å²) >= 11 is 1.68. The van der Waals surface area contributed by atoms with Crippen molar-refractivity contribution in [2.75, 3.05) is 7.11 Å². The number of halogens is 1. The maximum absolute atomic E-state index is 6.19. The Kier molecular flexibility index (Phi) is 5.00. The predicted octanol–water partition coefficient (Wildman–Crippen LogP) is 3.54. The smallest absolute Gasteiger partial charge is 0.122 e. The number of rotatable bonds is 3. The molecule has 17 heavy (non-hydrogen) atoms. The van der Waals surface area contributed by atoms with Crippen molar-refractivity contribution < 1.29 is 4.74 Å². The van der Waals surface area contributed by atoms with Gasteiger partial charge in [0.1, 0.15) is 5.75 Å². The second kappa shape index (κ2) is 6.05. The summed E-state index contributed by atoms with van der Waals surface area (Å²) in [6.07, 6.45) is 0. The lowest BCUT2D eigenvalue weighted by molar-refractivity contribution is 0.411. The van der Waals surface area contributed by atoms with Crippen molar-refractivity contribution in [3.63, 3.8) is 0 Å². The molecule has 92 valence electrons. The zero-order valence-corrected chi connectivity index (χ0v) is 11.5. The van der Waals surface area contributed by atoms with E-state index in [0.29, 0.717) is 0 Å². The van der Waals surface area contributed by atoms with Gasteiger partial charge in [0.25, 0.3) is 0 Å². The van der Waals surface area contributed by atoms with Crippen molar-refractivity contribution in [2.45, 2.75) is 13.0 Å². The van der Waals surface area contributed by atoms with E-state index in [4.69, 9.17) is 10.5 Å². The Morgan fingerprint density at radius 2 is 2.06 bits per heavy atom. The zero-order valence-electron chi connectivity index (χ0n) is 9.84. The molecule has 0 aliphatic rings. The Balaban J connectivity index is 0.00000144. The van der Waals surface area contributed by atoms with Crippen molar-refractivity contribution in [3.8, 4) is 5.75 Å². The molecule has 0 fully saturated rings. The standard InChI is InChI=1S/C13H15NOS.ClH/c1-9-5-6-10(8-11(9)15-2)13(14)12-4-3-7-16-12;/h3-8,13H,14H2,1-2H3;1H/t13-;/m1./s1. The molecule has 0 bridgehead atoms. The zero-order chi connectivity index (χ0) is 11.5. The molecule has 0 aliphatic carbocycles. The quantitative estimate of drug-likeness (QED) is 0.925. The molecule has 0 saturated heterocycles. The van der Waals surface area contributed by atoms with Gasteiger partial charge >= 0.3 is 0 Å². The van der Waals surface area contributed by atoms with Gasteiger partial charge in [-0.1, -0.05) is 18.2 Å². The third-order valence-corrected chi connectivity index (χ3v) is 3.60. The molecule has 1 aromatic heterocycles. The fourth-order valence-corrected chi connectivity index (χ4v) is 2.42. The predicted molar refractivity (Wildman–Crippen MR) is 75.3 cm³/mol. The molecule has 0 aliphatic heterocycles. The van der Waals surface area contributed by atoms with E-state index in [0.717, 1.165) is 16.9 Å². The summed E-state index contributed by atoms with van der Waals surface area (Å²) in [5, 5.41) is 2.04. The summed E-state index contributed by atoms with van der Waals surface area (Å²) < 4.78 is 5.30. The number of hydrogen-bond acceptors (Lipinski definition) is 3. The van der Waals surface area contributed by atoms with Crippen molar-refractivity contribution in [1.82, 2.24) is 0 Å². The van der Waals surface area contributed by atoms with E-state index in [1.165, 1.54) is 4.88 Å². The molecule has 0 amide bonds. The Morgan fingerprint density at radius 1 is 1.29 bits per heavy atom. The first kappa shape index (κ1) is 14.0. The SMILES string of the molecule is COc1cc([C@@H](N)c2cccs2)ccc1C.Cl. The number of aryl methyl sites for hydroxylation is 1. The molecular weight excluding hydrogens is 254 g/mol. The van der Waals surface area contributed by atoms with E-state index in [9.17, 15) is 0 Å². The van der Waals surface area contributed by atoms with Crippen LogP contribution in [0.1, 0.15) is 22.0 Å². The summed E-state index contributed by atoms with van der Waals surface area (Å²) in [5.41, 5.74) is 8.41. The van der Waals surface area contributed by atoms with Gasteiger partial charge in [0, 0.05) is 4.88 Å². The van der Waals surface area contributed by atoms with Crippen LogP contribution < -0.4 is 10.5 Å². The molecule has 1 heterocycles. The molecule has 0 unspecified atom stereocenters. The fraction of sp³-hybridized carbons (Fsp3) is 0.231. The van der Waals surface area contributed by atoms with Gasteiger partial charge < -0.3 is 10.5 Å². The summed E-state index contributed by atoms with van der Waals surface area (Å²) in [7, 11) is 1.68. The van der Waals surface area contributed by atoms with Crippen LogP contribution >= 0.6 is 23.7 Å². The van der Waals surface area contributed by atoms with Gasteiger partial charge in [-0.05, 0) is 35.6 Å². The number of hydrogen-bond donors (Lipinski definition) is 1. The number of ether oxygens (including phenoxy) is 1. The highest BCUT2D eigenvalue weighted by Crippen LogP contribution is 2.27. The minimum atomic E-state index is -0.0606. The average Bonchev–Trinajstić information content (AvgIpc) is 2.82. The summed E-state index contributed by atoms with van der Waals surface area (Å²) in [6.45, 7) is 2.03. The lowest BCUT2D eigenvalue weighted by Crippen LogP contribution is -2.10. The van der Waals surface area contributed by atoms with Gasteiger partial charge in [-0.3, -0.25) is 0 Å². The van der Waals surface area contributed by atoms with Crippen molar-refractivity contribution in [3.05, 3.63) is 51.7 Å². The molecule has 0 radical (unpaired) electrons. The first-order chi connectivity index (χ1) is 7.72. The lowest BCUT2D eigenvalue weighted by Gasteiger charge is -2.12. The minimum absolute atomic E-state index is 0. The van der Waals surface area contributed by atoms with E-state index in [1.54, 1.807) is 18.4 Å². The van der Waals surface area contributed by atoms with Gasteiger partial charge in [-0.25, -0.2) is 0 Å². The average molecular weight is 270 g/mol. The Labute approximate surface area is 112 Å². The number of thiophene rings is 1. The van der Waals surface area contributed by atoms with E-state index in [-0.39, 0.29) is 18.4 Å². The molecule has 4 heteroatoms. The van der Waals surface area contributed by atoms with Crippen molar-refractivity contribution in [1.29, 1.82) is 0 Å². The first-order valence-corrected chi connectivity index (χ1v) is 6.04. The monoisotopic (exact) mass is 269 g/mol. The largest absolute Gasteiger partial charge is 0.496 e. The van der Waals surface area contributed by atoms with Crippen LogP contribution in [0.2, 0.25) is 0 Å². The van der Waals surface area contributed by atoms with Crippen LogP contribution in [0.3, 0.4) is 0 Å². The molecule has 2 nitrogen and oxygen atoms in total. The van der Waals surface area contributed by atoms with E-state index in [1.807, 2.05) is 30.5 Å². The minimum Gasteiger partial charge on any atom is -0.496 e. The highest BCUT2D eigenvalue weighted by atomic mass is 35.5. The fourth-order valence-electron chi connectivity index (χ4n) is 1.66. The maximum Gasteiger partial charge on any atom is 0.122 e. The highest BCUT2D eigenvalue weighted by molar-refractivity contribution is 7.10. The van der Waals surface area contributed by atoms with Gasteiger partial charge in [-0.15, -0.1) is 23.7 Å². The highest BCUT2D eigenvalue weighted by Gasteiger charge is 2.11. The van der Waals surface area contributed by atoms with Crippen molar-refractivity contribution in [2.24, 2.45) is 5.73 Å². The molecule has 0 saturated carbocycles. The lowest BCUT2D eigenvalue weighted by atomic mass is 10.0. The van der Waals surface area contributed by atoms with Crippen LogP contribution in [-0.4, -0.2) is 7.11 Å². The number of benzene rings is 1. The Morgan fingerprint density at radius 3 is 2.65 bits per heavy atom. The van der Waals surface area contributed by atoms with Crippen LogP contribution in [0.5, 0.6) is 5.75 Å². The second-order valence-corrected chi connectivity index (χ2v) is 4.70. The molecule has 2 N–H and O–H groups in total. The maximum atomic E-state index is 6.19. The molecular formula is C13H16ClNOS. The molecule has 1 aromatic carbocycles. The molecule has 2 rings (SSSR count). The summed E-state index contributed by atoms with van der Waals surface area (Å²) in [4.78, 5) is 1.17.